The summed E-state index contributed by atoms with van der Waals surface area (Å²) in [4.78, 5) is 16.7. The molecule has 0 atom stereocenters. The van der Waals surface area contributed by atoms with E-state index in [0.29, 0.717) is 28.4 Å². The lowest BCUT2D eigenvalue weighted by Gasteiger charge is -2.08. The normalized spacial score (nSPS) is 12.5. The van der Waals surface area contributed by atoms with Gasteiger partial charge in [0.15, 0.2) is 0 Å². The van der Waals surface area contributed by atoms with E-state index in [0.717, 1.165) is 35.5 Å². The third-order valence-electron chi connectivity index (χ3n) is 4.16. The zero-order valence-corrected chi connectivity index (χ0v) is 15.5. The molecule has 4 nitrogen and oxygen atoms in total. The fourth-order valence-electron chi connectivity index (χ4n) is 2.78. The molecular formula is C19H18ClN3OS. The summed E-state index contributed by atoms with van der Waals surface area (Å²) in [7, 11) is 0. The first-order valence-electron chi connectivity index (χ1n) is 8.18. The first kappa shape index (κ1) is 17.8. The number of aromatic nitrogens is 1. The van der Waals surface area contributed by atoms with Gasteiger partial charge in [0, 0.05) is 28.6 Å². The van der Waals surface area contributed by atoms with Crippen LogP contribution in [0.3, 0.4) is 0 Å². The van der Waals surface area contributed by atoms with Crippen LogP contribution in [0.1, 0.15) is 35.2 Å². The second-order valence-corrected chi connectivity index (χ2v) is 7.51. The number of benzene rings is 1. The van der Waals surface area contributed by atoms with Gasteiger partial charge in [-0.1, -0.05) is 17.7 Å². The van der Waals surface area contributed by atoms with Crippen molar-refractivity contribution in [2.75, 3.05) is 11.1 Å². The second-order valence-electron chi connectivity index (χ2n) is 6.02. The van der Waals surface area contributed by atoms with E-state index in [2.05, 4.69) is 16.4 Å². The number of pyridine rings is 1. The van der Waals surface area contributed by atoms with Crippen LogP contribution in [-0.2, 0) is 17.6 Å². The Morgan fingerprint density at radius 2 is 2.24 bits per heavy atom. The molecule has 1 N–H and O–H groups in total. The summed E-state index contributed by atoms with van der Waals surface area (Å²) in [5.41, 5.74) is 4.56. The summed E-state index contributed by atoms with van der Waals surface area (Å²) in [6.45, 7) is 1.92. The number of nitrogens with zero attached hydrogens (tertiary/aromatic N) is 2. The summed E-state index contributed by atoms with van der Waals surface area (Å²) >= 11 is 7.53. The second kappa shape index (κ2) is 7.90. The maximum Gasteiger partial charge on any atom is 0.225 e. The largest absolute Gasteiger partial charge is 0.326 e. The van der Waals surface area contributed by atoms with Crippen LogP contribution >= 0.6 is 23.4 Å². The smallest absolute Gasteiger partial charge is 0.225 e. The van der Waals surface area contributed by atoms with Gasteiger partial charge in [0.1, 0.15) is 11.1 Å². The van der Waals surface area contributed by atoms with Crippen LogP contribution in [-0.4, -0.2) is 16.6 Å². The van der Waals surface area contributed by atoms with E-state index >= 15 is 0 Å². The number of aryl methyl sites for hydroxylation is 3. The fraction of sp³-hybridized carbons (Fsp3) is 0.316. The summed E-state index contributed by atoms with van der Waals surface area (Å²) in [5, 5.41) is 13.5. The summed E-state index contributed by atoms with van der Waals surface area (Å²) < 4.78 is 0. The van der Waals surface area contributed by atoms with E-state index in [1.54, 1.807) is 6.07 Å². The number of nitrogens with one attached hydrogen (secondary N) is 1. The number of rotatable bonds is 5. The van der Waals surface area contributed by atoms with Crippen LogP contribution in [0.4, 0.5) is 5.69 Å². The molecule has 0 bridgehead atoms. The van der Waals surface area contributed by atoms with Crippen LogP contribution in [0.2, 0.25) is 5.02 Å². The highest BCUT2D eigenvalue weighted by Gasteiger charge is 2.17. The van der Waals surface area contributed by atoms with Gasteiger partial charge in [-0.05, 0) is 55.5 Å². The Balaban J connectivity index is 1.57. The van der Waals surface area contributed by atoms with Crippen molar-refractivity contribution in [3.63, 3.8) is 0 Å². The lowest BCUT2D eigenvalue weighted by molar-refractivity contribution is -0.115. The predicted molar refractivity (Wildman–Crippen MR) is 101 cm³/mol. The van der Waals surface area contributed by atoms with Gasteiger partial charge in [-0.2, -0.15) is 5.26 Å². The van der Waals surface area contributed by atoms with Crippen molar-refractivity contribution >= 4 is 35.0 Å². The Kier molecular flexibility index (Phi) is 5.62. The fourth-order valence-corrected chi connectivity index (χ4v) is 3.87. The number of carbonyl (C=O) groups excluding carboxylic acids is 1. The van der Waals surface area contributed by atoms with Gasteiger partial charge in [0.25, 0.3) is 0 Å². The Morgan fingerprint density at radius 1 is 1.40 bits per heavy atom. The van der Waals surface area contributed by atoms with Gasteiger partial charge in [-0.3, -0.25) is 4.79 Å². The van der Waals surface area contributed by atoms with E-state index in [4.69, 9.17) is 11.6 Å². The Bertz CT molecular complexity index is 860. The van der Waals surface area contributed by atoms with Gasteiger partial charge in [-0.15, -0.1) is 11.8 Å². The summed E-state index contributed by atoms with van der Waals surface area (Å²) in [6.07, 6.45) is 3.43. The van der Waals surface area contributed by atoms with Crippen LogP contribution < -0.4 is 5.32 Å². The van der Waals surface area contributed by atoms with Crippen molar-refractivity contribution in [3.05, 3.63) is 51.7 Å². The molecule has 1 aliphatic carbocycles. The molecule has 1 aliphatic rings. The molecule has 0 fully saturated rings. The number of amides is 1. The minimum absolute atomic E-state index is 0.0768. The Labute approximate surface area is 156 Å². The molecule has 0 aliphatic heterocycles. The van der Waals surface area contributed by atoms with Crippen molar-refractivity contribution in [1.82, 2.24) is 4.98 Å². The number of carbonyl (C=O) groups is 1. The number of nitriles is 1. The van der Waals surface area contributed by atoms with Crippen LogP contribution in [0, 0.1) is 18.3 Å². The molecule has 0 spiro atoms. The Hall–Kier alpha value is -2.03. The van der Waals surface area contributed by atoms with Crippen molar-refractivity contribution in [2.45, 2.75) is 37.6 Å². The van der Waals surface area contributed by atoms with Gasteiger partial charge >= 0.3 is 0 Å². The molecule has 1 heterocycles. The van der Waals surface area contributed by atoms with Crippen molar-refractivity contribution in [1.29, 1.82) is 5.26 Å². The van der Waals surface area contributed by atoms with E-state index < -0.39 is 0 Å². The molecule has 1 aromatic carbocycles. The highest BCUT2D eigenvalue weighted by atomic mass is 35.5. The third-order valence-corrected chi connectivity index (χ3v) is 5.56. The van der Waals surface area contributed by atoms with Gasteiger partial charge in [-0.25, -0.2) is 4.98 Å². The minimum atomic E-state index is -0.0768. The van der Waals surface area contributed by atoms with E-state index in [9.17, 15) is 10.1 Å². The number of hydrogen-bond donors (Lipinski definition) is 1. The standard InChI is InChI=1S/C19H18ClN3OS/c1-12-5-6-15(10-16(12)20)22-18(24)7-8-25-19-14(11-21)9-13-3-2-4-17(13)23-19/h5-6,9-10H,2-4,7-8H2,1H3,(H,22,24). The molecule has 0 saturated heterocycles. The lowest BCUT2D eigenvalue weighted by Crippen LogP contribution is -2.12. The number of halogens is 1. The number of fused-ring (bicyclic) bond motifs is 1. The van der Waals surface area contributed by atoms with Gasteiger partial charge < -0.3 is 5.32 Å². The topological polar surface area (TPSA) is 65.8 Å². The maximum atomic E-state index is 12.1. The Morgan fingerprint density at radius 3 is 3.00 bits per heavy atom. The molecule has 2 aromatic rings. The molecule has 1 aromatic heterocycles. The molecule has 0 unspecified atom stereocenters. The minimum Gasteiger partial charge on any atom is -0.326 e. The molecule has 6 heteroatoms. The SMILES string of the molecule is Cc1ccc(NC(=O)CCSc2nc3c(cc2C#N)CCC3)cc1Cl. The van der Waals surface area contributed by atoms with Crippen molar-refractivity contribution in [2.24, 2.45) is 0 Å². The van der Waals surface area contributed by atoms with Gasteiger partial charge in [0.05, 0.1) is 5.56 Å². The molecule has 25 heavy (non-hydrogen) atoms. The lowest BCUT2D eigenvalue weighted by atomic mass is 10.2. The van der Waals surface area contributed by atoms with Crippen molar-refractivity contribution < 1.29 is 4.79 Å². The number of hydrogen-bond acceptors (Lipinski definition) is 4. The van der Waals surface area contributed by atoms with Crippen LogP contribution in [0.15, 0.2) is 29.3 Å². The van der Waals surface area contributed by atoms with E-state index in [-0.39, 0.29) is 5.91 Å². The molecule has 0 radical (unpaired) electrons. The predicted octanol–water partition coefficient (Wildman–Crippen LogP) is 4.52. The average molecular weight is 372 g/mol. The third kappa shape index (κ3) is 4.33. The zero-order valence-electron chi connectivity index (χ0n) is 13.9. The zero-order chi connectivity index (χ0) is 17.8. The molecule has 0 saturated carbocycles. The quantitative estimate of drug-likeness (QED) is 0.784. The molecule has 3 rings (SSSR count). The highest BCUT2D eigenvalue weighted by molar-refractivity contribution is 7.99. The summed E-state index contributed by atoms with van der Waals surface area (Å²) in [5.74, 6) is 0.499. The van der Waals surface area contributed by atoms with E-state index in [1.165, 1.54) is 17.3 Å². The molecular weight excluding hydrogens is 354 g/mol. The monoisotopic (exact) mass is 371 g/mol. The first-order valence-corrected chi connectivity index (χ1v) is 9.55. The first-order chi connectivity index (χ1) is 12.1. The number of anilines is 1. The van der Waals surface area contributed by atoms with Crippen LogP contribution in [0.25, 0.3) is 0 Å². The average Bonchev–Trinajstić information content (AvgIpc) is 3.04. The molecule has 128 valence electrons. The van der Waals surface area contributed by atoms with Gasteiger partial charge in [0.2, 0.25) is 5.91 Å². The highest BCUT2D eigenvalue weighted by Crippen LogP contribution is 2.28. The molecule has 1 amide bonds. The maximum absolute atomic E-state index is 12.1. The van der Waals surface area contributed by atoms with E-state index in [1.807, 2.05) is 25.1 Å². The van der Waals surface area contributed by atoms with Crippen LogP contribution in [0.5, 0.6) is 0 Å². The number of thioether (sulfide) groups is 1. The summed E-state index contributed by atoms with van der Waals surface area (Å²) in [6, 6.07) is 9.63. The van der Waals surface area contributed by atoms with Crippen molar-refractivity contribution in [3.8, 4) is 6.07 Å².